The Morgan fingerprint density at radius 1 is 1.21 bits per heavy atom. The van der Waals surface area contributed by atoms with Crippen LogP contribution in [0.15, 0.2) is 18.2 Å². The number of nitrogens with two attached hydrogens (primary N) is 1. The van der Waals surface area contributed by atoms with Crippen LogP contribution in [0.4, 0.5) is 5.69 Å². The van der Waals surface area contributed by atoms with Crippen molar-refractivity contribution in [1.82, 2.24) is 4.90 Å². The number of benzene rings is 1. The van der Waals surface area contributed by atoms with E-state index in [0.717, 1.165) is 36.1 Å². The van der Waals surface area contributed by atoms with E-state index < -0.39 is 0 Å². The maximum absolute atomic E-state index is 12.6. The Morgan fingerprint density at radius 3 is 2.54 bits per heavy atom. The van der Waals surface area contributed by atoms with E-state index >= 15 is 0 Å². The summed E-state index contributed by atoms with van der Waals surface area (Å²) in [6, 6.07) is 5.97. The van der Waals surface area contributed by atoms with Gasteiger partial charge in [0, 0.05) is 11.7 Å². The Hall–Kier alpha value is -1.88. The van der Waals surface area contributed by atoms with Crippen molar-refractivity contribution in [3.8, 4) is 0 Å². The number of carbonyl (C=O) groups excluding carboxylic acids is 2. The van der Waals surface area contributed by atoms with Crippen molar-refractivity contribution in [3.05, 3.63) is 29.3 Å². The van der Waals surface area contributed by atoms with Gasteiger partial charge in [-0.2, -0.15) is 0 Å². The predicted molar refractivity (Wildman–Crippen MR) is 94.6 cm³/mol. The van der Waals surface area contributed by atoms with Crippen molar-refractivity contribution in [3.63, 3.8) is 0 Å². The molecule has 2 aliphatic rings. The molecule has 2 amide bonds. The first kappa shape index (κ1) is 17.0. The topological polar surface area (TPSA) is 75.4 Å². The summed E-state index contributed by atoms with van der Waals surface area (Å²) in [5.41, 5.74) is 8.58. The largest absolute Gasteiger partial charge is 0.368 e. The molecule has 1 heterocycles. The SMILES string of the molecule is Cc1cccc(C)c1NC(=O)CN1[C@H](C(N)=O)C[C@H]2CCCC[C@@H]21. The molecule has 0 radical (unpaired) electrons. The molecule has 0 aromatic heterocycles. The number of nitrogens with zero attached hydrogens (tertiary/aromatic N) is 1. The highest BCUT2D eigenvalue weighted by Crippen LogP contribution is 2.39. The minimum atomic E-state index is -0.304. The van der Waals surface area contributed by atoms with E-state index in [2.05, 4.69) is 10.2 Å². The number of likely N-dealkylation sites (tertiary alicyclic amines) is 1. The zero-order valence-electron chi connectivity index (χ0n) is 14.5. The molecule has 0 bridgehead atoms. The van der Waals surface area contributed by atoms with Crippen molar-refractivity contribution in [1.29, 1.82) is 0 Å². The van der Waals surface area contributed by atoms with Crippen molar-refractivity contribution < 1.29 is 9.59 Å². The van der Waals surface area contributed by atoms with Gasteiger partial charge < -0.3 is 11.1 Å². The van der Waals surface area contributed by atoms with Crippen LogP contribution in [0.5, 0.6) is 0 Å². The summed E-state index contributed by atoms with van der Waals surface area (Å²) in [5, 5.41) is 3.03. The number of anilines is 1. The average molecular weight is 329 g/mol. The quantitative estimate of drug-likeness (QED) is 0.890. The van der Waals surface area contributed by atoms with Gasteiger partial charge in [-0.15, -0.1) is 0 Å². The normalized spacial score (nSPS) is 26.8. The Morgan fingerprint density at radius 2 is 1.88 bits per heavy atom. The van der Waals surface area contributed by atoms with Gasteiger partial charge in [-0.25, -0.2) is 0 Å². The summed E-state index contributed by atoms with van der Waals surface area (Å²) in [6.07, 6.45) is 5.39. The van der Waals surface area contributed by atoms with Gasteiger partial charge in [0.15, 0.2) is 0 Å². The molecule has 24 heavy (non-hydrogen) atoms. The minimum absolute atomic E-state index is 0.0649. The third kappa shape index (κ3) is 3.31. The Labute approximate surface area is 143 Å². The number of rotatable bonds is 4. The summed E-state index contributed by atoms with van der Waals surface area (Å²) >= 11 is 0. The van der Waals surface area contributed by atoms with Crippen LogP contribution < -0.4 is 11.1 Å². The number of fused-ring (bicyclic) bond motifs is 1. The van der Waals surface area contributed by atoms with Gasteiger partial charge >= 0.3 is 0 Å². The number of amides is 2. The molecule has 5 nitrogen and oxygen atoms in total. The highest BCUT2D eigenvalue weighted by Gasteiger charge is 2.44. The lowest BCUT2D eigenvalue weighted by atomic mass is 9.84. The van der Waals surface area contributed by atoms with E-state index in [1.807, 2.05) is 32.0 Å². The molecule has 1 aromatic carbocycles. The fourth-order valence-corrected chi connectivity index (χ4v) is 4.42. The van der Waals surface area contributed by atoms with Crippen LogP contribution >= 0.6 is 0 Å². The fraction of sp³-hybridized carbons (Fsp3) is 0.579. The first-order chi connectivity index (χ1) is 11.5. The van der Waals surface area contributed by atoms with Gasteiger partial charge in [-0.1, -0.05) is 31.0 Å². The van der Waals surface area contributed by atoms with Gasteiger partial charge in [0.1, 0.15) is 0 Å². The molecule has 3 rings (SSSR count). The smallest absolute Gasteiger partial charge is 0.238 e. The minimum Gasteiger partial charge on any atom is -0.368 e. The van der Waals surface area contributed by atoms with Crippen LogP contribution in [0.3, 0.4) is 0 Å². The second kappa shape index (κ2) is 6.93. The van der Waals surface area contributed by atoms with Crippen molar-refractivity contribution >= 4 is 17.5 Å². The summed E-state index contributed by atoms with van der Waals surface area (Å²) in [5.74, 6) is 0.137. The van der Waals surface area contributed by atoms with Crippen molar-refractivity contribution in [2.75, 3.05) is 11.9 Å². The molecular weight excluding hydrogens is 302 g/mol. The molecule has 1 saturated carbocycles. The molecule has 1 aliphatic heterocycles. The predicted octanol–water partition coefficient (Wildman–Crippen LogP) is 2.36. The molecule has 1 aliphatic carbocycles. The second-order valence-corrected chi connectivity index (χ2v) is 7.25. The van der Waals surface area contributed by atoms with Gasteiger partial charge in [0.25, 0.3) is 0 Å². The molecule has 1 aromatic rings. The number of primary amides is 1. The maximum atomic E-state index is 12.6. The maximum Gasteiger partial charge on any atom is 0.238 e. The number of aryl methyl sites for hydroxylation is 2. The van der Waals surface area contributed by atoms with Gasteiger partial charge in [0.2, 0.25) is 11.8 Å². The van der Waals surface area contributed by atoms with Crippen LogP contribution in [0, 0.1) is 19.8 Å². The van der Waals surface area contributed by atoms with Crippen LogP contribution in [0.25, 0.3) is 0 Å². The van der Waals surface area contributed by atoms with Gasteiger partial charge in [0.05, 0.1) is 12.6 Å². The second-order valence-electron chi connectivity index (χ2n) is 7.25. The molecular formula is C19H27N3O2. The van der Waals surface area contributed by atoms with Gasteiger partial charge in [-0.3, -0.25) is 14.5 Å². The monoisotopic (exact) mass is 329 g/mol. The zero-order chi connectivity index (χ0) is 17.3. The zero-order valence-corrected chi connectivity index (χ0v) is 14.5. The number of hydrogen-bond donors (Lipinski definition) is 2. The van der Waals surface area contributed by atoms with E-state index in [1.54, 1.807) is 0 Å². The lowest BCUT2D eigenvalue weighted by molar-refractivity contribution is -0.124. The molecule has 3 atom stereocenters. The van der Waals surface area contributed by atoms with E-state index in [-0.39, 0.29) is 24.4 Å². The van der Waals surface area contributed by atoms with E-state index in [9.17, 15) is 9.59 Å². The Kier molecular flexibility index (Phi) is 4.90. The van der Waals surface area contributed by atoms with E-state index in [4.69, 9.17) is 5.73 Å². The van der Waals surface area contributed by atoms with Crippen LogP contribution in [-0.2, 0) is 9.59 Å². The molecule has 0 unspecified atom stereocenters. The first-order valence-corrected chi connectivity index (χ1v) is 8.88. The first-order valence-electron chi connectivity index (χ1n) is 8.88. The summed E-state index contributed by atoms with van der Waals surface area (Å²) in [4.78, 5) is 26.5. The summed E-state index contributed by atoms with van der Waals surface area (Å²) in [6.45, 7) is 4.21. The molecule has 0 spiro atoms. The standard InChI is InChI=1S/C19H27N3O2/c1-12-6-5-7-13(2)18(12)21-17(23)11-22-15-9-4-3-8-14(15)10-16(22)19(20)24/h5-7,14-16H,3-4,8-11H2,1-2H3,(H2,20,24)(H,21,23)/t14-,15+,16+/m1/s1. The lowest BCUT2D eigenvalue weighted by Gasteiger charge is -2.32. The molecule has 5 heteroatoms. The molecule has 1 saturated heterocycles. The number of hydrogen-bond acceptors (Lipinski definition) is 3. The van der Waals surface area contributed by atoms with Gasteiger partial charge in [-0.05, 0) is 50.2 Å². The number of carbonyl (C=O) groups is 2. The van der Waals surface area contributed by atoms with Crippen LogP contribution in [0.1, 0.15) is 43.2 Å². The Bertz CT molecular complexity index is 623. The van der Waals surface area contributed by atoms with E-state index in [0.29, 0.717) is 12.0 Å². The molecule has 2 fully saturated rings. The fourth-order valence-electron chi connectivity index (χ4n) is 4.42. The highest BCUT2D eigenvalue weighted by atomic mass is 16.2. The number of para-hydroxylation sites is 1. The highest BCUT2D eigenvalue weighted by molar-refractivity contribution is 5.94. The Balaban J connectivity index is 1.73. The third-order valence-electron chi connectivity index (χ3n) is 5.62. The summed E-state index contributed by atoms with van der Waals surface area (Å²) in [7, 11) is 0. The lowest BCUT2D eigenvalue weighted by Crippen LogP contribution is -2.48. The van der Waals surface area contributed by atoms with Crippen molar-refractivity contribution in [2.45, 2.75) is 58.0 Å². The van der Waals surface area contributed by atoms with E-state index in [1.165, 1.54) is 12.8 Å². The number of nitrogens with one attached hydrogen (secondary N) is 1. The van der Waals surface area contributed by atoms with Crippen LogP contribution in [-0.4, -0.2) is 35.3 Å². The van der Waals surface area contributed by atoms with Crippen LogP contribution in [0.2, 0.25) is 0 Å². The third-order valence-corrected chi connectivity index (χ3v) is 5.62. The van der Waals surface area contributed by atoms with Crippen molar-refractivity contribution in [2.24, 2.45) is 11.7 Å². The summed E-state index contributed by atoms with van der Waals surface area (Å²) < 4.78 is 0. The molecule has 3 N–H and O–H groups in total. The molecule has 130 valence electrons. The average Bonchev–Trinajstić information content (AvgIpc) is 2.90.